The highest BCUT2D eigenvalue weighted by Crippen LogP contribution is 2.53. The Hall–Kier alpha value is -1.52. The second kappa shape index (κ2) is 4.02. The van der Waals surface area contributed by atoms with E-state index in [9.17, 15) is 0 Å². The molecular formula is C17H19NO3. The molecule has 0 radical (unpaired) electrons. The van der Waals surface area contributed by atoms with E-state index in [-0.39, 0.29) is 11.5 Å². The predicted molar refractivity (Wildman–Crippen MR) is 77.6 cm³/mol. The van der Waals surface area contributed by atoms with Crippen molar-refractivity contribution in [3.05, 3.63) is 35.4 Å². The van der Waals surface area contributed by atoms with E-state index in [2.05, 4.69) is 29.2 Å². The first-order chi connectivity index (χ1) is 10.3. The van der Waals surface area contributed by atoms with Crippen LogP contribution in [0, 0.1) is 0 Å². The summed E-state index contributed by atoms with van der Waals surface area (Å²) in [5.41, 5.74) is 2.98. The smallest absolute Gasteiger partial charge is 0.231 e. The fourth-order valence-electron chi connectivity index (χ4n) is 4.64. The van der Waals surface area contributed by atoms with Crippen LogP contribution in [0.25, 0.3) is 0 Å². The molecule has 1 aromatic rings. The average molecular weight is 285 g/mol. The summed E-state index contributed by atoms with van der Waals surface area (Å²) >= 11 is 0. The molecule has 4 aliphatic rings. The first kappa shape index (κ1) is 12.1. The highest BCUT2D eigenvalue weighted by atomic mass is 16.7. The fourth-order valence-corrected chi connectivity index (χ4v) is 4.64. The van der Waals surface area contributed by atoms with Gasteiger partial charge >= 0.3 is 0 Å². The van der Waals surface area contributed by atoms with Crippen LogP contribution in [0.3, 0.4) is 0 Å². The number of hydrogen-bond donors (Lipinski definition) is 0. The third-order valence-electron chi connectivity index (χ3n) is 5.69. The van der Waals surface area contributed by atoms with Gasteiger partial charge in [-0.05, 0) is 36.1 Å². The highest BCUT2D eigenvalue weighted by Gasteiger charge is 2.53. The maximum absolute atomic E-state index is 5.61. The van der Waals surface area contributed by atoms with Crippen LogP contribution < -0.4 is 9.47 Å². The summed E-state index contributed by atoms with van der Waals surface area (Å²) in [5.74, 6) is 1.81. The Bertz CT molecular complexity index is 641. The summed E-state index contributed by atoms with van der Waals surface area (Å²) in [6.07, 6.45) is 7.17. The Morgan fingerprint density at radius 2 is 2.14 bits per heavy atom. The summed E-state index contributed by atoms with van der Waals surface area (Å²) < 4.78 is 16.7. The number of nitrogens with zero attached hydrogens (tertiary/aromatic N) is 1. The summed E-state index contributed by atoms with van der Waals surface area (Å²) in [5, 5.41) is 0. The Balaban J connectivity index is 1.69. The number of ether oxygens (including phenoxy) is 3. The minimum Gasteiger partial charge on any atom is -0.454 e. The van der Waals surface area contributed by atoms with Crippen molar-refractivity contribution in [3.63, 3.8) is 0 Å². The average Bonchev–Trinajstić information content (AvgIpc) is 3.07. The van der Waals surface area contributed by atoms with Crippen molar-refractivity contribution in [2.45, 2.75) is 36.9 Å². The SMILES string of the molecule is COC1C=C[C@@]23CCN(Cc4cc5c(cc42)OCO5)[C@@H]3C1. The molecule has 0 amide bonds. The van der Waals surface area contributed by atoms with Gasteiger partial charge in [-0.15, -0.1) is 0 Å². The molecule has 1 saturated heterocycles. The molecule has 4 nitrogen and oxygen atoms in total. The van der Waals surface area contributed by atoms with Gasteiger partial charge in [0.25, 0.3) is 0 Å². The Morgan fingerprint density at radius 1 is 1.29 bits per heavy atom. The molecule has 3 heterocycles. The summed E-state index contributed by atoms with van der Waals surface area (Å²) in [6, 6.07) is 4.97. The van der Waals surface area contributed by atoms with Crippen molar-refractivity contribution in [2.75, 3.05) is 20.4 Å². The Labute approximate surface area is 124 Å². The molecule has 0 saturated carbocycles. The molecule has 3 aliphatic heterocycles. The van der Waals surface area contributed by atoms with E-state index in [0.717, 1.165) is 31.0 Å². The molecule has 1 aromatic carbocycles. The lowest BCUT2D eigenvalue weighted by molar-refractivity contribution is 0.0750. The molecule has 2 unspecified atom stereocenters. The van der Waals surface area contributed by atoms with Crippen molar-refractivity contribution in [3.8, 4) is 11.5 Å². The van der Waals surface area contributed by atoms with Crippen LogP contribution in [-0.4, -0.2) is 37.5 Å². The van der Waals surface area contributed by atoms with Crippen molar-refractivity contribution in [2.24, 2.45) is 0 Å². The van der Waals surface area contributed by atoms with Crippen molar-refractivity contribution < 1.29 is 14.2 Å². The topological polar surface area (TPSA) is 30.9 Å². The van der Waals surface area contributed by atoms with Crippen molar-refractivity contribution in [1.29, 1.82) is 0 Å². The van der Waals surface area contributed by atoms with Crippen LogP contribution in [0.4, 0.5) is 0 Å². The van der Waals surface area contributed by atoms with E-state index in [1.54, 1.807) is 7.11 Å². The van der Waals surface area contributed by atoms with Gasteiger partial charge in [0.05, 0.1) is 6.10 Å². The first-order valence-electron chi connectivity index (χ1n) is 7.69. The maximum atomic E-state index is 5.61. The van der Waals surface area contributed by atoms with Gasteiger partial charge in [-0.2, -0.15) is 0 Å². The monoisotopic (exact) mass is 285 g/mol. The summed E-state index contributed by atoms with van der Waals surface area (Å²) in [7, 11) is 1.80. The van der Waals surface area contributed by atoms with Gasteiger partial charge in [0.15, 0.2) is 11.5 Å². The van der Waals surface area contributed by atoms with E-state index in [1.165, 1.54) is 17.5 Å². The van der Waals surface area contributed by atoms with Crippen LogP contribution in [0.5, 0.6) is 11.5 Å². The number of fused-ring (bicyclic) bond motifs is 2. The molecule has 2 bridgehead atoms. The van der Waals surface area contributed by atoms with Crippen LogP contribution in [-0.2, 0) is 16.7 Å². The fraction of sp³-hybridized carbons (Fsp3) is 0.529. The van der Waals surface area contributed by atoms with E-state index >= 15 is 0 Å². The first-order valence-corrected chi connectivity index (χ1v) is 7.69. The summed E-state index contributed by atoms with van der Waals surface area (Å²) in [4.78, 5) is 2.61. The molecule has 4 heteroatoms. The third kappa shape index (κ3) is 1.47. The number of rotatable bonds is 1. The molecule has 0 aromatic heterocycles. The molecule has 21 heavy (non-hydrogen) atoms. The zero-order chi connectivity index (χ0) is 14.0. The van der Waals surface area contributed by atoms with Crippen molar-refractivity contribution in [1.82, 2.24) is 4.90 Å². The Morgan fingerprint density at radius 3 is 3.00 bits per heavy atom. The van der Waals surface area contributed by atoms with E-state index in [0.29, 0.717) is 12.8 Å². The van der Waals surface area contributed by atoms with Crippen LogP contribution in [0.1, 0.15) is 24.0 Å². The van der Waals surface area contributed by atoms with Gasteiger partial charge in [-0.3, -0.25) is 4.90 Å². The quantitative estimate of drug-likeness (QED) is 0.740. The van der Waals surface area contributed by atoms with Gasteiger partial charge in [-0.1, -0.05) is 12.2 Å². The van der Waals surface area contributed by atoms with Gasteiger partial charge in [-0.25, -0.2) is 0 Å². The lowest BCUT2D eigenvalue weighted by atomic mass is 9.66. The van der Waals surface area contributed by atoms with Gasteiger partial charge < -0.3 is 14.2 Å². The lowest BCUT2D eigenvalue weighted by Crippen LogP contribution is -2.49. The molecular weight excluding hydrogens is 266 g/mol. The van der Waals surface area contributed by atoms with Gasteiger partial charge in [0.1, 0.15) is 0 Å². The molecule has 4 atom stereocenters. The third-order valence-corrected chi connectivity index (χ3v) is 5.69. The number of hydrogen-bond acceptors (Lipinski definition) is 4. The van der Waals surface area contributed by atoms with E-state index in [1.807, 2.05) is 0 Å². The number of methoxy groups -OCH3 is 1. The minimum absolute atomic E-state index is 0.142. The molecule has 110 valence electrons. The standard InChI is InChI=1S/C17H19NO3/c1-19-12-2-3-17-4-5-18(16(17)7-12)9-11-6-14-15(8-13(11)17)21-10-20-14/h2-3,6,8,12,16H,4-5,7,9-10H2,1H3/t12?,16-,17-/m1/s1. The molecule has 1 aliphatic carbocycles. The number of benzene rings is 1. The predicted octanol–water partition coefficient (Wildman–Crippen LogP) is 2.22. The zero-order valence-corrected chi connectivity index (χ0v) is 12.2. The van der Waals surface area contributed by atoms with Crippen LogP contribution in [0.2, 0.25) is 0 Å². The second-order valence-electron chi connectivity index (χ2n) is 6.51. The molecule has 1 fully saturated rings. The Kier molecular flexibility index (Phi) is 2.31. The molecule has 0 spiro atoms. The largest absolute Gasteiger partial charge is 0.454 e. The minimum atomic E-state index is 0.142. The zero-order valence-electron chi connectivity index (χ0n) is 12.2. The van der Waals surface area contributed by atoms with E-state index in [4.69, 9.17) is 14.2 Å². The second-order valence-corrected chi connectivity index (χ2v) is 6.51. The molecule has 0 N–H and O–H groups in total. The van der Waals surface area contributed by atoms with Crippen LogP contribution >= 0.6 is 0 Å². The lowest BCUT2D eigenvalue weighted by Gasteiger charge is -2.45. The van der Waals surface area contributed by atoms with Gasteiger partial charge in [0.2, 0.25) is 6.79 Å². The summed E-state index contributed by atoms with van der Waals surface area (Å²) in [6.45, 7) is 2.52. The van der Waals surface area contributed by atoms with Crippen LogP contribution in [0.15, 0.2) is 24.3 Å². The maximum Gasteiger partial charge on any atom is 0.231 e. The molecule has 5 rings (SSSR count). The normalized spacial score (nSPS) is 38.2. The highest BCUT2D eigenvalue weighted by molar-refractivity contribution is 5.55. The van der Waals surface area contributed by atoms with Gasteiger partial charge in [0, 0.05) is 31.7 Å². The van der Waals surface area contributed by atoms with E-state index < -0.39 is 0 Å². The van der Waals surface area contributed by atoms with Crippen molar-refractivity contribution >= 4 is 0 Å².